The SMILES string of the molecule is CCCCC(=O)N(Cc1ccc(-c2ccccc2-c2nn[nH]n2)cc1)C(C(=O)O)C(C)C.CCOC(=O)C(C)CC(Cc1ccc(-c2ccccc2)cc1)NC(=O)CCC(=O)O. The molecule has 0 aliphatic heterocycles. The van der Waals surface area contributed by atoms with E-state index in [1.165, 1.54) is 4.90 Å². The molecule has 0 aliphatic rings. The monoisotopic (exact) mass is 846 g/mol. The van der Waals surface area contributed by atoms with Crippen molar-refractivity contribution in [2.75, 3.05) is 6.61 Å². The molecule has 1 aromatic heterocycles. The third-order valence-corrected chi connectivity index (χ3v) is 10.2. The average Bonchev–Trinajstić information content (AvgIpc) is 3.81. The fourth-order valence-corrected chi connectivity index (χ4v) is 7.05. The number of benzene rings is 4. The number of nitrogens with zero attached hydrogens (tertiary/aromatic N) is 4. The maximum atomic E-state index is 12.9. The van der Waals surface area contributed by atoms with Crippen molar-refractivity contribution in [3.05, 3.63) is 114 Å². The van der Waals surface area contributed by atoms with E-state index >= 15 is 0 Å². The Morgan fingerprint density at radius 1 is 0.742 bits per heavy atom. The van der Waals surface area contributed by atoms with Crippen LogP contribution in [0.2, 0.25) is 0 Å². The highest BCUT2D eigenvalue weighted by atomic mass is 16.5. The van der Waals surface area contributed by atoms with E-state index in [0.717, 1.165) is 51.8 Å². The largest absolute Gasteiger partial charge is 0.481 e. The Balaban J connectivity index is 0.000000273. The molecule has 0 aliphatic carbocycles. The van der Waals surface area contributed by atoms with Gasteiger partial charge >= 0.3 is 17.9 Å². The molecule has 0 fully saturated rings. The number of hydrogen-bond donors (Lipinski definition) is 4. The third-order valence-electron chi connectivity index (χ3n) is 10.2. The average molecular weight is 847 g/mol. The number of carbonyl (C=O) groups is 5. The molecule has 3 atom stereocenters. The first-order chi connectivity index (χ1) is 29.8. The van der Waals surface area contributed by atoms with Crippen molar-refractivity contribution in [3.63, 3.8) is 0 Å². The molecule has 0 saturated carbocycles. The summed E-state index contributed by atoms with van der Waals surface area (Å²) in [5.41, 5.74) is 6.91. The Bertz CT molecular complexity index is 2180. The number of aromatic amines is 1. The number of rotatable bonds is 21. The van der Waals surface area contributed by atoms with Crippen molar-refractivity contribution in [1.82, 2.24) is 30.8 Å². The molecule has 4 aromatic carbocycles. The minimum atomic E-state index is -1.02. The van der Waals surface area contributed by atoms with E-state index < -0.39 is 18.0 Å². The Morgan fingerprint density at radius 2 is 1.35 bits per heavy atom. The lowest BCUT2D eigenvalue weighted by atomic mass is 9.94. The number of H-pyrrole nitrogens is 1. The van der Waals surface area contributed by atoms with Crippen molar-refractivity contribution in [2.45, 2.75) is 98.2 Å². The Morgan fingerprint density at radius 3 is 1.94 bits per heavy atom. The number of carbonyl (C=O) groups excluding carboxylic acids is 3. The van der Waals surface area contributed by atoms with Crippen LogP contribution in [0.25, 0.3) is 33.6 Å². The van der Waals surface area contributed by atoms with Crippen LogP contribution in [0.1, 0.15) is 84.3 Å². The quantitative estimate of drug-likeness (QED) is 0.0521. The molecule has 328 valence electrons. The van der Waals surface area contributed by atoms with E-state index in [9.17, 15) is 29.1 Å². The summed E-state index contributed by atoms with van der Waals surface area (Å²) in [6.07, 6.45) is 2.61. The van der Waals surface area contributed by atoms with Gasteiger partial charge in [-0.3, -0.25) is 19.2 Å². The van der Waals surface area contributed by atoms with Crippen molar-refractivity contribution < 1.29 is 38.9 Å². The van der Waals surface area contributed by atoms with Crippen LogP contribution in [0.4, 0.5) is 0 Å². The Labute approximate surface area is 363 Å². The van der Waals surface area contributed by atoms with E-state index in [0.29, 0.717) is 31.7 Å². The topological polar surface area (TPSA) is 205 Å². The van der Waals surface area contributed by atoms with Crippen molar-refractivity contribution in [1.29, 1.82) is 0 Å². The van der Waals surface area contributed by atoms with Gasteiger partial charge in [0.05, 0.1) is 18.9 Å². The number of aromatic nitrogens is 4. The first-order valence-electron chi connectivity index (χ1n) is 21.1. The summed E-state index contributed by atoms with van der Waals surface area (Å²) in [4.78, 5) is 61.2. The summed E-state index contributed by atoms with van der Waals surface area (Å²) in [5, 5.41) is 35.7. The van der Waals surface area contributed by atoms with Gasteiger partial charge in [-0.1, -0.05) is 137 Å². The number of ether oxygens (including phenoxy) is 1. The summed E-state index contributed by atoms with van der Waals surface area (Å²) in [5.74, 6) is -2.81. The van der Waals surface area contributed by atoms with Gasteiger partial charge in [-0.25, -0.2) is 4.79 Å². The van der Waals surface area contributed by atoms with Crippen LogP contribution in [0.5, 0.6) is 0 Å². The van der Waals surface area contributed by atoms with E-state index in [-0.39, 0.29) is 55.0 Å². The van der Waals surface area contributed by atoms with Gasteiger partial charge in [0.1, 0.15) is 6.04 Å². The summed E-state index contributed by atoms with van der Waals surface area (Å²) in [6.45, 7) is 9.76. The Kier molecular flexibility index (Phi) is 19.0. The molecule has 0 spiro atoms. The van der Waals surface area contributed by atoms with Crippen LogP contribution in [0.3, 0.4) is 0 Å². The van der Waals surface area contributed by atoms with Crippen molar-refractivity contribution >= 4 is 29.7 Å². The fraction of sp³-hybridized carbons (Fsp3) is 0.375. The minimum Gasteiger partial charge on any atom is -0.481 e. The van der Waals surface area contributed by atoms with Gasteiger partial charge in [-0.15, -0.1) is 10.2 Å². The zero-order chi connectivity index (χ0) is 45.0. The molecule has 4 N–H and O–H groups in total. The normalized spacial score (nSPS) is 12.3. The summed E-state index contributed by atoms with van der Waals surface area (Å²) in [7, 11) is 0. The van der Waals surface area contributed by atoms with Crippen LogP contribution in [0.15, 0.2) is 103 Å². The first-order valence-corrected chi connectivity index (χ1v) is 21.1. The standard InChI is InChI=1S/C24H29N5O3.C24H29NO5/c1-4-5-10-21(30)29(22(16(2)3)24(31)32)15-17-11-13-18(14-12-17)19-8-6-7-9-20(19)23-25-27-28-26-23;1-3-30-24(29)17(2)15-21(25-22(26)13-14-23(27)28)16-18-9-11-20(12-10-18)19-7-5-4-6-8-19/h6-9,11-14,16,22H,4-5,10,15H2,1-3H3,(H,31,32)(H,25,26,27,28);4-12,17,21H,3,13-16H2,1-2H3,(H,25,26)(H,27,28). The lowest BCUT2D eigenvalue weighted by Crippen LogP contribution is -2.47. The van der Waals surface area contributed by atoms with Gasteiger partial charge in [0.15, 0.2) is 0 Å². The second-order valence-electron chi connectivity index (χ2n) is 15.4. The number of amides is 2. The number of aliphatic carboxylic acids is 2. The lowest BCUT2D eigenvalue weighted by molar-refractivity contribution is -0.153. The van der Waals surface area contributed by atoms with Gasteiger partial charge in [0.2, 0.25) is 17.6 Å². The van der Waals surface area contributed by atoms with Gasteiger partial charge < -0.3 is 25.2 Å². The van der Waals surface area contributed by atoms with Crippen molar-refractivity contribution in [3.8, 4) is 33.6 Å². The highest BCUT2D eigenvalue weighted by Crippen LogP contribution is 2.30. The predicted octanol–water partition coefficient (Wildman–Crippen LogP) is 8.00. The molecule has 1 heterocycles. The summed E-state index contributed by atoms with van der Waals surface area (Å²) in [6, 6.07) is 32.5. The number of nitrogens with one attached hydrogen (secondary N) is 2. The van der Waals surface area contributed by atoms with Crippen molar-refractivity contribution in [2.24, 2.45) is 11.8 Å². The second kappa shape index (κ2) is 24.5. The van der Waals surface area contributed by atoms with Crippen LogP contribution in [0, 0.1) is 11.8 Å². The molecule has 14 nitrogen and oxygen atoms in total. The number of carboxylic acid groups (broad SMARTS) is 2. The maximum Gasteiger partial charge on any atom is 0.326 e. The minimum absolute atomic E-state index is 0.0907. The van der Waals surface area contributed by atoms with E-state index in [4.69, 9.17) is 9.84 Å². The second-order valence-corrected chi connectivity index (χ2v) is 15.4. The van der Waals surface area contributed by atoms with E-state index in [2.05, 4.69) is 25.9 Å². The van der Waals surface area contributed by atoms with Gasteiger partial charge in [-0.2, -0.15) is 5.21 Å². The number of hydrogen-bond acceptors (Lipinski definition) is 9. The number of esters is 1. The molecule has 3 unspecified atom stereocenters. The van der Waals surface area contributed by atoms with E-state index in [1.807, 2.05) is 124 Å². The zero-order valence-electron chi connectivity index (χ0n) is 36.1. The first kappa shape index (κ1) is 48.0. The molecular formula is C48H58N6O8. The van der Waals surface area contributed by atoms with Crippen LogP contribution < -0.4 is 5.32 Å². The Hall–Kier alpha value is -6.70. The van der Waals surface area contributed by atoms with Gasteiger partial charge in [-0.05, 0) is 70.7 Å². The zero-order valence-corrected chi connectivity index (χ0v) is 36.1. The third kappa shape index (κ3) is 14.8. The number of unbranched alkanes of at least 4 members (excludes halogenated alkanes) is 1. The fourth-order valence-electron chi connectivity index (χ4n) is 7.05. The van der Waals surface area contributed by atoms with Crippen LogP contribution in [-0.4, -0.2) is 84.1 Å². The molecule has 0 saturated heterocycles. The summed E-state index contributed by atoms with van der Waals surface area (Å²) >= 11 is 0. The molecule has 5 aromatic rings. The molecule has 14 heteroatoms. The molecular weight excluding hydrogens is 789 g/mol. The molecule has 0 radical (unpaired) electrons. The predicted molar refractivity (Wildman–Crippen MR) is 236 cm³/mol. The molecule has 62 heavy (non-hydrogen) atoms. The summed E-state index contributed by atoms with van der Waals surface area (Å²) < 4.78 is 5.07. The smallest absolute Gasteiger partial charge is 0.326 e. The van der Waals surface area contributed by atoms with Crippen LogP contribution in [-0.2, 0) is 41.7 Å². The van der Waals surface area contributed by atoms with Crippen LogP contribution >= 0.6 is 0 Å². The molecule has 2 amide bonds. The highest BCUT2D eigenvalue weighted by Gasteiger charge is 2.32. The number of tetrazole rings is 1. The highest BCUT2D eigenvalue weighted by molar-refractivity contribution is 5.84. The van der Waals surface area contributed by atoms with Gasteiger partial charge in [0, 0.05) is 31.0 Å². The number of carboxylic acids is 2. The molecule has 5 rings (SSSR count). The molecule has 0 bridgehead atoms. The lowest BCUT2D eigenvalue weighted by Gasteiger charge is -2.32. The maximum absolute atomic E-state index is 12.9. The van der Waals surface area contributed by atoms with E-state index in [1.54, 1.807) is 13.8 Å². The van der Waals surface area contributed by atoms with Gasteiger partial charge in [0.25, 0.3) is 0 Å².